The monoisotopic (exact) mass is 418 g/mol. The van der Waals surface area contributed by atoms with Crippen LogP contribution in [0.25, 0.3) is 11.1 Å². The molecule has 0 bridgehead atoms. The molecule has 1 fully saturated rings. The van der Waals surface area contributed by atoms with E-state index in [9.17, 15) is 14.0 Å². The third kappa shape index (κ3) is 2.71. The van der Waals surface area contributed by atoms with Gasteiger partial charge in [-0.3, -0.25) is 9.59 Å². The Morgan fingerprint density at radius 2 is 1.92 bits per heavy atom. The lowest BCUT2D eigenvalue weighted by atomic mass is 9.99. The molecule has 1 aliphatic heterocycles. The third-order valence-corrected chi connectivity index (χ3v) is 5.46. The van der Waals surface area contributed by atoms with Gasteiger partial charge in [-0.05, 0) is 57.2 Å². The van der Waals surface area contributed by atoms with E-state index in [1.807, 2.05) is 6.07 Å². The highest BCUT2D eigenvalue weighted by atomic mass is 79.9. The maximum absolute atomic E-state index is 14.8. The quantitative estimate of drug-likeness (QED) is 0.695. The summed E-state index contributed by atoms with van der Waals surface area (Å²) in [6.45, 7) is 2.11. The van der Waals surface area contributed by atoms with Gasteiger partial charge in [0.05, 0.1) is 17.7 Å². The molecule has 2 aliphatic rings. The van der Waals surface area contributed by atoms with E-state index in [0.717, 1.165) is 5.56 Å². The van der Waals surface area contributed by atoms with E-state index in [1.54, 1.807) is 17.0 Å². The number of primary amides is 1. The number of halogens is 2. The molecule has 2 aromatic rings. The third-order valence-electron chi connectivity index (χ3n) is 4.88. The van der Waals surface area contributed by atoms with Crippen LogP contribution in [0.4, 0.5) is 4.39 Å². The van der Waals surface area contributed by atoms with Crippen LogP contribution in [0.2, 0.25) is 0 Å². The molecule has 0 atom stereocenters. The highest BCUT2D eigenvalue weighted by molar-refractivity contribution is 9.10. The van der Waals surface area contributed by atoms with Crippen LogP contribution >= 0.6 is 15.9 Å². The van der Waals surface area contributed by atoms with Crippen molar-refractivity contribution in [3.63, 3.8) is 0 Å². The molecule has 134 valence electrons. The number of fused-ring (bicyclic) bond motifs is 3. The van der Waals surface area contributed by atoms with Crippen molar-refractivity contribution in [3.05, 3.63) is 56.8 Å². The van der Waals surface area contributed by atoms with Crippen LogP contribution in [0, 0.1) is 5.82 Å². The summed E-state index contributed by atoms with van der Waals surface area (Å²) < 4.78 is 20.3. The van der Waals surface area contributed by atoms with Gasteiger partial charge < -0.3 is 15.4 Å². The number of morpholine rings is 1. The van der Waals surface area contributed by atoms with E-state index < -0.39 is 11.7 Å². The number of hydrogen-bond donors (Lipinski definition) is 1. The van der Waals surface area contributed by atoms with E-state index in [2.05, 4.69) is 15.9 Å². The molecule has 1 saturated heterocycles. The first kappa shape index (κ1) is 17.2. The molecular formula is C19H16BrFN2O3. The Labute approximate surface area is 158 Å². The first-order chi connectivity index (χ1) is 12.5. The Kier molecular flexibility index (Phi) is 4.28. The van der Waals surface area contributed by atoms with E-state index in [4.69, 9.17) is 10.5 Å². The lowest BCUT2D eigenvalue weighted by molar-refractivity contribution is 0.0303. The zero-order valence-corrected chi connectivity index (χ0v) is 15.4. The Morgan fingerprint density at radius 3 is 2.62 bits per heavy atom. The summed E-state index contributed by atoms with van der Waals surface area (Å²) in [7, 11) is 0. The number of nitrogens with two attached hydrogens (primary N) is 1. The molecule has 0 radical (unpaired) electrons. The fourth-order valence-corrected chi connectivity index (χ4v) is 4.01. The van der Waals surface area contributed by atoms with Crippen molar-refractivity contribution < 1.29 is 18.7 Å². The summed E-state index contributed by atoms with van der Waals surface area (Å²) >= 11 is 3.16. The number of amides is 2. The molecule has 0 saturated carbocycles. The molecule has 1 aliphatic carbocycles. The van der Waals surface area contributed by atoms with Crippen molar-refractivity contribution in [2.45, 2.75) is 6.42 Å². The zero-order valence-electron chi connectivity index (χ0n) is 13.9. The number of carbonyl (C=O) groups is 2. The van der Waals surface area contributed by atoms with Gasteiger partial charge >= 0.3 is 0 Å². The summed E-state index contributed by atoms with van der Waals surface area (Å²) in [4.78, 5) is 26.2. The van der Waals surface area contributed by atoms with Crippen molar-refractivity contribution in [1.29, 1.82) is 0 Å². The molecule has 26 heavy (non-hydrogen) atoms. The molecule has 0 unspecified atom stereocenters. The van der Waals surface area contributed by atoms with E-state index >= 15 is 0 Å². The minimum Gasteiger partial charge on any atom is -0.378 e. The lowest BCUT2D eigenvalue weighted by Crippen LogP contribution is -2.40. The summed E-state index contributed by atoms with van der Waals surface area (Å²) in [5.74, 6) is -1.14. The summed E-state index contributed by atoms with van der Waals surface area (Å²) in [5.41, 5.74) is 8.69. The van der Waals surface area contributed by atoms with Gasteiger partial charge in [-0.25, -0.2) is 4.39 Å². The SMILES string of the molecule is NC(=O)c1cc(Br)c(F)c2c1Cc1ccc(C(=O)N3CCOCC3)cc1-2. The average Bonchev–Trinajstić information content (AvgIpc) is 3.03. The molecule has 0 spiro atoms. The van der Waals surface area contributed by atoms with Gasteiger partial charge in [0.2, 0.25) is 5.91 Å². The lowest BCUT2D eigenvalue weighted by Gasteiger charge is -2.27. The second-order valence-electron chi connectivity index (χ2n) is 6.39. The van der Waals surface area contributed by atoms with Gasteiger partial charge in [0.25, 0.3) is 5.91 Å². The Morgan fingerprint density at radius 1 is 1.19 bits per heavy atom. The zero-order chi connectivity index (χ0) is 18.4. The molecule has 1 heterocycles. The Balaban J connectivity index is 1.80. The predicted molar refractivity (Wildman–Crippen MR) is 97.6 cm³/mol. The fraction of sp³-hybridized carbons (Fsp3) is 0.263. The van der Waals surface area contributed by atoms with Gasteiger partial charge in [-0.2, -0.15) is 0 Å². The smallest absolute Gasteiger partial charge is 0.254 e. The largest absolute Gasteiger partial charge is 0.378 e. The standard InChI is InChI=1S/C19H16BrFN2O3/c20-15-9-14(18(22)24)13-7-10-1-2-11(8-12(10)16(13)17(15)21)19(25)23-3-5-26-6-4-23/h1-2,8-9H,3-7H2,(H2,22,24). The second-order valence-corrected chi connectivity index (χ2v) is 7.25. The highest BCUT2D eigenvalue weighted by Gasteiger charge is 2.29. The highest BCUT2D eigenvalue weighted by Crippen LogP contribution is 2.43. The summed E-state index contributed by atoms with van der Waals surface area (Å²) in [6.07, 6.45) is 0.416. The van der Waals surface area contributed by atoms with Gasteiger partial charge in [-0.15, -0.1) is 0 Å². The maximum atomic E-state index is 14.8. The van der Waals surface area contributed by atoms with E-state index in [-0.39, 0.29) is 10.4 Å². The van der Waals surface area contributed by atoms with Crippen LogP contribution in [0.1, 0.15) is 31.8 Å². The predicted octanol–water partition coefficient (Wildman–Crippen LogP) is 2.73. The van der Waals surface area contributed by atoms with Crippen LogP contribution in [-0.2, 0) is 11.2 Å². The van der Waals surface area contributed by atoms with Gasteiger partial charge in [0, 0.05) is 29.8 Å². The van der Waals surface area contributed by atoms with Crippen molar-refractivity contribution in [3.8, 4) is 11.1 Å². The topological polar surface area (TPSA) is 72.6 Å². The number of hydrogen-bond acceptors (Lipinski definition) is 3. The summed E-state index contributed by atoms with van der Waals surface area (Å²) in [6, 6.07) is 6.70. The molecule has 7 heteroatoms. The van der Waals surface area contributed by atoms with Crippen LogP contribution in [-0.4, -0.2) is 43.0 Å². The van der Waals surface area contributed by atoms with Crippen LogP contribution in [0.5, 0.6) is 0 Å². The Hall–Kier alpha value is -2.25. The average molecular weight is 419 g/mol. The minimum atomic E-state index is -0.598. The number of carbonyl (C=O) groups excluding carboxylic acids is 2. The number of benzene rings is 2. The number of ether oxygens (including phenoxy) is 1. The van der Waals surface area contributed by atoms with Gasteiger partial charge in [-0.1, -0.05) is 6.07 Å². The first-order valence-corrected chi connectivity index (χ1v) is 9.07. The van der Waals surface area contributed by atoms with Crippen molar-refractivity contribution >= 4 is 27.7 Å². The molecule has 2 N–H and O–H groups in total. The number of nitrogens with zero attached hydrogens (tertiary/aromatic N) is 1. The van der Waals surface area contributed by atoms with Gasteiger partial charge in [0.1, 0.15) is 5.82 Å². The van der Waals surface area contributed by atoms with Crippen LogP contribution in [0.15, 0.2) is 28.7 Å². The molecule has 2 aromatic carbocycles. The minimum absolute atomic E-state index is 0.102. The first-order valence-electron chi connectivity index (χ1n) is 8.28. The van der Waals surface area contributed by atoms with Crippen molar-refractivity contribution in [2.24, 2.45) is 5.73 Å². The Bertz CT molecular complexity index is 939. The summed E-state index contributed by atoms with van der Waals surface area (Å²) in [5, 5.41) is 0. The van der Waals surface area contributed by atoms with Crippen molar-refractivity contribution in [2.75, 3.05) is 26.3 Å². The second kappa shape index (κ2) is 6.48. The normalized spacial score (nSPS) is 15.5. The maximum Gasteiger partial charge on any atom is 0.254 e. The molecule has 2 amide bonds. The van der Waals surface area contributed by atoms with Gasteiger partial charge in [0.15, 0.2) is 0 Å². The molecule has 5 nitrogen and oxygen atoms in total. The van der Waals surface area contributed by atoms with Crippen LogP contribution in [0.3, 0.4) is 0 Å². The fourth-order valence-electron chi connectivity index (χ4n) is 3.58. The molecule has 0 aromatic heterocycles. The molecular weight excluding hydrogens is 403 g/mol. The van der Waals surface area contributed by atoms with E-state index in [1.165, 1.54) is 6.07 Å². The van der Waals surface area contributed by atoms with Crippen molar-refractivity contribution in [1.82, 2.24) is 4.90 Å². The number of rotatable bonds is 2. The van der Waals surface area contributed by atoms with E-state index in [0.29, 0.717) is 60.5 Å². The molecule has 4 rings (SSSR count). The van der Waals surface area contributed by atoms with Crippen LogP contribution < -0.4 is 5.73 Å².